The first kappa shape index (κ1) is 19.2. The van der Waals surface area contributed by atoms with Crippen molar-refractivity contribution in [2.45, 2.75) is 25.9 Å². The number of halogens is 2. The number of nitrogens with zero attached hydrogens (tertiary/aromatic N) is 2. The van der Waals surface area contributed by atoms with E-state index in [0.717, 1.165) is 6.07 Å². The number of aliphatic carboxylic acids is 1. The van der Waals surface area contributed by atoms with Crippen LogP contribution in [0.25, 0.3) is 0 Å². The number of thioether (sulfide) groups is 1. The second kappa shape index (κ2) is 8.28. The van der Waals surface area contributed by atoms with E-state index in [1.54, 1.807) is 0 Å². The third-order valence-electron chi connectivity index (χ3n) is 3.87. The molecule has 0 spiro atoms. The Bertz CT molecular complexity index is 686. The van der Waals surface area contributed by atoms with Gasteiger partial charge in [-0.1, -0.05) is 12.1 Å². The lowest BCUT2D eigenvalue weighted by Gasteiger charge is -2.29. The average molecular weight is 372 g/mol. The van der Waals surface area contributed by atoms with Crippen LogP contribution in [0.4, 0.5) is 8.78 Å². The molecule has 0 aromatic heterocycles. The Hall–Kier alpha value is -2.16. The normalized spacial score (nSPS) is 16.8. The zero-order valence-corrected chi connectivity index (χ0v) is 14.4. The number of carboxylic acid groups (broad SMARTS) is 1. The quantitative estimate of drug-likeness (QED) is 0.822. The van der Waals surface area contributed by atoms with E-state index in [1.165, 1.54) is 40.6 Å². The van der Waals surface area contributed by atoms with Gasteiger partial charge in [0, 0.05) is 31.3 Å². The van der Waals surface area contributed by atoms with Gasteiger partial charge in [0.1, 0.15) is 6.04 Å². The molecule has 1 aromatic rings. The van der Waals surface area contributed by atoms with E-state index < -0.39 is 29.6 Å². The maximum Gasteiger partial charge on any atom is 0.305 e. The van der Waals surface area contributed by atoms with Gasteiger partial charge in [0.05, 0.1) is 12.3 Å². The highest BCUT2D eigenvalue weighted by Gasteiger charge is 2.36. The Balaban J connectivity index is 2.22. The average Bonchev–Trinajstić information content (AvgIpc) is 3.04. The highest BCUT2D eigenvalue weighted by molar-refractivity contribution is 7.99. The van der Waals surface area contributed by atoms with Crippen molar-refractivity contribution in [1.29, 1.82) is 0 Å². The van der Waals surface area contributed by atoms with Crippen molar-refractivity contribution in [1.82, 2.24) is 9.80 Å². The molecule has 0 aliphatic carbocycles. The Labute approximate surface area is 147 Å². The van der Waals surface area contributed by atoms with Crippen molar-refractivity contribution in [2.75, 3.05) is 18.2 Å². The number of hydrogen-bond acceptors (Lipinski definition) is 4. The van der Waals surface area contributed by atoms with E-state index in [9.17, 15) is 23.2 Å². The standard InChI is InChI=1S/C16H18F2N2O4S/c1-10(21)20-9-25-8-13(20)16(24)19(6-5-14(22)23)7-11-3-2-4-12(17)15(11)18/h2-4,13H,5-9H2,1H3,(H,22,23)/t13-/m1/s1. The fourth-order valence-electron chi connectivity index (χ4n) is 2.54. The van der Waals surface area contributed by atoms with E-state index >= 15 is 0 Å². The number of benzene rings is 1. The zero-order chi connectivity index (χ0) is 18.6. The molecule has 0 unspecified atom stereocenters. The fraction of sp³-hybridized carbons (Fsp3) is 0.438. The van der Waals surface area contributed by atoms with Crippen molar-refractivity contribution in [3.63, 3.8) is 0 Å². The maximum absolute atomic E-state index is 13.9. The molecule has 1 heterocycles. The van der Waals surface area contributed by atoms with Gasteiger partial charge in [0.2, 0.25) is 11.8 Å². The highest BCUT2D eigenvalue weighted by atomic mass is 32.2. The summed E-state index contributed by atoms with van der Waals surface area (Å²) in [7, 11) is 0. The van der Waals surface area contributed by atoms with Crippen LogP contribution >= 0.6 is 11.8 Å². The number of hydrogen-bond donors (Lipinski definition) is 1. The molecule has 25 heavy (non-hydrogen) atoms. The summed E-state index contributed by atoms with van der Waals surface area (Å²) in [5.74, 6) is -3.20. The zero-order valence-electron chi connectivity index (χ0n) is 13.6. The number of rotatable bonds is 6. The van der Waals surface area contributed by atoms with E-state index in [2.05, 4.69) is 0 Å². The molecule has 1 aromatic carbocycles. The summed E-state index contributed by atoms with van der Waals surface area (Å²) in [5, 5.41) is 8.87. The molecular weight excluding hydrogens is 354 g/mol. The van der Waals surface area contributed by atoms with Gasteiger partial charge < -0.3 is 14.9 Å². The maximum atomic E-state index is 13.9. The van der Waals surface area contributed by atoms with Crippen LogP contribution in [0.5, 0.6) is 0 Å². The summed E-state index contributed by atoms with van der Waals surface area (Å²) in [6, 6.07) is 2.90. The second-order valence-corrected chi connectivity index (χ2v) is 6.62. The molecular formula is C16H18F2N2O4S. The molecule has 1 saturated heterocycles. The van der Waals surface area contributed by atoms with Crippen molar-refractivity contribution in [2.24, 2.45) is 0 Å². The molecule has 1 N–H and O–H groups in total. The van der Waals surface area contributed by atoms with Gasteiger partial charge in [-0.3, -0.25) is 14.4 Å². The SMILES string of the molecule is CC(=O)N1CSC[C@@H]1C(=O)N(CCC(=O)O)Cc1cccc(F)c1F. The summed E-state index contributed by atoms with van der Waals surface area (Å²) in [4.78, 5) is 37.8. The third-order valence-corrected chi connectivity index (χ3v) is 4.88. The van der Waals surface area contributed by atoms with Crippen molar-refractivity contribution >= 4 is 29.5 Å². The fourth-order valence-corrected chi connectivity index (χ4v) is 3.75. The lowest BCUT2D eigenvalue weighted by Crippen LogP contribution is -2.48. The lowest BCUT2D eigenvalue weighted by molar-refractivity contribution is -0.144. The van der Waals surface area contributed by atoms with E-state index in [4.69, 9.17) is 5.11 Å². The molecule has 2 amide bonds. The Morgan fingerprint density at radius 1 is 1.36 bits per heavy atom. The van der Waals surface area contributed by atoms with Gasteiger partial charge in [-0.05, 0) is 6.07 Å². The summed E-state index contributed by atoms with van der Waals surface area (Å²) in [5.41, 5.74) is -0.0428. The monoisotopic (exact) mass is 372 g/mol. The minimum atomic E-state index is -1.11. The van der Waals surface area contributed by atoms with Crippen molar-refractivity contribution in [3.8, 4) is 0 Å². The van der Waals surface area contributed by atoms with Gasteiger partial charge in [-0.25, -0.2) is 8.78 Å². The van der Waals surface area contributed by atoms with Crippen LogP contribution in [0.1, 0.15) is 18.9 Å². The van der Waals surface area contributed by atoms with Crippen molar-refractivity contribution < 1.29 is 28.3 Å². The van der Waals surface area contributed by atoms with Gasteiger partial charge in [0.15, 0.2) is 11.6 Å². The topological polar surface area (TPSA) is 77.9 Å². The molecule has 0 saturated carbocycles. The van der Waals surface area contributed by atoms with Gasteiger partial charge in [-0.2, -0.15) is 0 Å². The number of amides is 2. The summed E-state index contributed by atoms with van der Waals surface area (Å²) >= 11 is 1.41. The molecule has 9 heteroatoms. The molecule has 0 radical (unpaired) electrons. The van der Waals surface area contributed by atoms with Gasteiger partial charge >= 0.3 is 5.97 Å². The predicted molar refractivity (Wildman–Crippen MR) is 87.7 cm³/mol. The van der Waals surface area contributed by atoms with Gasteiger partial charge in [-0.15, -0.1) is 11.8 Å². The van der Waals surface area contributed by atoms with Gasteiger partial charge in [0.25, 0.3) is 0 Å². The van der Waals surface area contributed by atoms with Crippen LogP contribution in [0.2, 0.25) is 0 Å². The van der Waals surface area contributed by atoms with E-state index in [1.807, 2.05) is 0 Å². The second-order valence-electron chi connectivity index (χ2n) is 5.62. The van der Waals surface area contributed by atoms with E-state index in [-0.39, 0.29) is 31.0 Å². The first-order chi connectivity index (χ1) is 11.8. The van der Waals surface area contributed by atoms with Crippen LogP contribution in [0.3, 0.4) is 0 Å². The highest BCUT2D eigenvalue weighted by Crippen LogP contribution is 2.24. The Kier molecular flexibility index (Phi) is 6.35. The number of carbonyl (C=O) groups is 3. The third kappa shape index (κ3) is 4.68. The minimum absolute atomic E-state index is 0.0428. The number of carbonyl (C=O) groups excluding carboxylic acids is 2. The van der Waals surface area contributed by atoms with Crippen molar-refractivity contribution in [3.05, 3.63) is 35.4 Å². The number of carboxylic acids is 1. The molecule has 1 atom stereocenters. The molecule has 1 aliphatic heterocycles. The largest absolute Gasteiger partial charge is 0.481 e. The molecule has 0 bridgehead atoms. The Morgan fingerprint density at radius 2 is 2.08 bits per heavy atom. The molecule has 136 valence electrons. The first-order valence-electron chi connectivity index (χ1n) is 7.59. The van der Waals surface area contributed by atoms with Crippen LogP contribution in [0, 0.1) is 11.6 Å². The summed E-state index contributed by atoms with van der Waals surface area (Å²) < 4.78 is 27.3. The molecule has 1 fully saturated rings. The molecule has 6 nitrogen and oxygen atoms in total. The van der Waals surface area contributed by atoms with Crippen LogP contribution in [-0.2, 0) is 20.9 Å². The summed E-state index contributed by atoms with van der Waals surface area (Å²) in [6.45, 7) is 0.930. The predicted octanol–water partition coefficient (Wildman–Crippen LogP) is 1.69. The lowest BCUT2D eigenvalue weighted by atomic mass is 10.1. The van der Waals surface area contributed by atoms with Crippen LogP contribution in [-0.4, -0.2) is 56.9 Å². The first-order valence-corrected chi connectivity index (χ1v) is 8.75. The Morgan fingerprint density at radius 3 is 2.72 bits per heavy atom. The smallest absolute Gasteiger partial charge is 0.305 e. The van der Waals surface area contributed by atoms with Crippen LogP contribution < -0.4 is 0 Å². The van der Waals surface area contributed by atoms with Crippen LogP contribution in [0.15, 0.2) is 18.2 Å². The van der Waals surface area contributed by atoms with E-state index in [0.29, 0.717) is 11.6 Å². The molecule has 2 rings (SSSR count). The minimum Gasteiger partial charge on any atom is -0.481 e. The summed E-state index contributed by atoms with van der Waals surface area (Å²) in [6.07, 6.45) is -0.331. The molecule has 1 aliphatic rings.